The van der Waals surface area contributed by atoms with Gasteiger partial charge in [0.15, 0.2) is 0 Å². The quantitative estimate of drug-likeness (QED) is 0.713. The van der Waals surface area contributed by atoms with Crippen LogP contribution in [0.25, 0.3) is 0 Å². The van der Waals surface area contributed by atoms with Gasteiger partial charge < -0.3 is 15.0 Å². The Morgan fingerprint density at radius 3 is 2.78 bits per heavy atom. The normalized spacial score (nSPS) is 10.4. The first-order valence-corrected chi connectivity index (χ1v) is 8.18. The summed E-state index contributed by atoms with van der Waals surface area (Å²) in [6, 6.07) is 10.5. The van der Waals surface area contributed by atoms with Crippen LogP contribution in [0.3, 0.4) is 0 Å². The van der Waals surface area contributed by atoms with Gasteiger partial charge in [0.05, 0.1) is 25.0 Å². The molecular weight excluding hydrogens is 348 g/mol. The van der Waals surface area contributed by atoms with E-state index in [0.29, 0.717) is 17.1 Å². The van der Waals surface area contributed by atoms with Gasteiger partial charge in [-0.1, -0.05) is 12.1 Å². The number of H-pyrrole nitrogens is 1. The van der Waals surface area contributed by atoms with Crippen molar-refractivity contribution in [2.24, 2.45) is 0 Å². The molecule has 0 radical (unpaired) electrons. The summed E-state index contributed by atoms with van der Waals surface area (Å²) < 4.78 is 6.16. The molecule has 0 saturated carbocycles. The first-order chi connectivity index (χ1) is 13.0. The third kappa shape index (κ3) is 3.95. The number of rotatable bonds is 5. The summed E-state index contributed by atoms with van der Waals surface area (Å²) in [5.74, 6) is -0.179. The number of anilines is 1. The largest absolute Gasteiger partial charge is 0.495 e. The van der Waals surface area contributed by atoms with Crippen molar-refractivity contribution in [1.29, 1.82) is 0 Å². The Morgan fingerprint density at radius 1 is 1.26 bits per heavy atom. The van der Waals surface area contributed by atoms with E-state index in [1.54, 1.807) is 36.5 Å². The molecule has 3 rings (SSSR count). The summed E-state index contributed by atoms with van der Waals surface area (Å²) in [5, 5.41) is 2.66. The van der Waals surface area contributed by atoms with Crippen molar-refractivity contribution in [3.63, 3.8) is 0 Å². The molecule has 2 heterocycles. The number of aromatic nitrogens is 3. The lowest BCUT2D eigenvalue weighted by molar-refractivity contribution is 0.102. The molecule has 3 aromatic rings. The first-order valence-electron chi connectivity index (χ1n) is 8.18. The van der Waals surface area contributed by atoms with Gasteiger partial charge in [0.1, 0.15) is 11.3 Å². The van der Waals surface area contributed by atoms with Crippen molar-refractivity contribution >= 4 is 11.6 Å². The molecule has 2 aromatic heterocycles. The molecule has 0 bridgehead atoms. The maximum Gasteiger partial charge on any atom is 0.328 e. The van der Waals surface area contributed by atoms with E-state index in [0.717, 1.165) is 16.3 Å². The second-order valence-corrected chi connectivity index (χ2v) is 5.88. The van der Waals surface area contributed by atoms with Crippen LogP contribution in [0, 0.1) is 6.92 Å². The number of benzene rings is 1. The number of amides is 1. The van der Waals surface area contributed by atoms with Crippen molar-refractivity contribution in [3.8, 4) is 5.75 Å². The molecule has 2 N–H and O–H groups in total. The predicted octanol–water partition coefficient (Wildman–Crippen LogP) is 1.55. The van der Waals surface area contributed by atoms with Crippen LogP contribution in [0.15, 0.2) is 58.4 Å². The molecule has 8 nitrogen and oxygen atoms in total. The molecule has 0 aliphatic rings. The molecule has 138 valence electrons. The number of aryl methyl sites for hydroxylation is 1. The van der Waals surface area contributed by atoms with Gasteiger partial charge in [0, 0.05) is 12.4 Å². The standard InChI is InChI=1S/C19H18N4O4/c1-12-6-7-16(27-2)15(9-12)22-17(24)14-10-21-19(26)23(18(14)25)11-13-5-3-4-8-20-13/h3-10H,11H2,1-2H3,(H,21,26)(H,22,24). The van der Waals surface area contributed by atoms with Crippen LogP contribution in [0.1, 0.15) is 21.6 Å². The van der Waals surface area contributed by atoms with Crippen molar-refractivity contribution < 1.29 is 9.53 Å². The van der Waals surface area contributed by atoms with Crippen LogP contribution in [0.2, 0.25) is 0 Å². The Balaban J connectivity index is 1.94. The van der Waals surface area contributed by atoms with E-state index in [1.165, 1.54) is 7.11 Å². The molecule has 27 heavy (non-hydrogen) atoms. The highest BCUT2D eigenvalue weighted by atomic mass is 16.5. The molecular formula is C19H18N4O4. The van der Waals surface area contributed by atoms with Crippen molar-refractivity contribution in [2.75, 3.05) is 12.4 Å². The number of aromatic amines is 1. The summed E-state index contributed by atoms with van der Waals surface area (Å²) in [6.07, 6.45) is 2.67. The van der Waals surface area contributed by atoms with Crippen LogP contribution in [-0.4, -0.2) is 27.6 Å². The maximum absolute atomic E-state index is 12.7. The Bertz CT molecular complexity index is 1090. The molecule has 0 unspecified atom stereocenters. The van der Waals surface area contributed by atoms with Crippen molar-refractivity contribution in [2.45, 2.75) is 13.5 Å². The molecule has 1 amide bonds. The second-order valence-electron chi connectivity index (χ2n) is 5.88. The van der Waals surface area contributed by atoms with Crippen LogP contribution < -0.4 is 21.3 Å². The fourth-order valence-electron chi connectivity index (χ4n) is 2.58. The summed E-state index contributed by atoms with van der Waals surface area (Å²) in [7, 11) is 1.49. The summed E-state index contributed by atoms with van der Waals surface area (Å²) in [5.41, 5.74) is 0.380. The number of ether oxygens (including phenoxy) is 1. The van der Waals surface area contributed by atoms with E-state index < -0.39 is 17.2 Å². The van der Waals surface area contributed by atoms with Gasteiger partial charge in [0.2, 0.25) is 0 Å². The lowest BCUT2D eigenvalue weighted by Crippen LogP contribution is -2.39. The van der Waals surface area contributed by atoms with Gasteiger partial charge in [-0.3, -0.25) is 19.1 Å². The summed E-state index contributed by atoms with van der Waals surface area (Å²) in [6.45, 7) is 1.83. The molecule has 1 aromatic carbocycles. The van der Waals surface area contributed by atoms with E-state index >= 15 is 0 Å². The van der Waals surface area contributed by atoms with Gasteiger partial charge in [-0.05, 0) is 36.8 Å². The van der Waals surface area contributed by atoms with Crippen LogP contribution in [-0.2, 0) is 6.54 Å². The van der Waals surface area contributed by atoms with Gasteiger partial charge in [-0.25, -0.2) is 4.79 Å². The van der Waals surface area contributed by atoms with E-state index in [9.17, 15) is 14.4 Å². The van der Waals surface area contributed by atoms with E-state index in [2.05, 4.69) is 15.3 Å². The minimum Gasteiger partial charge on any atom is -0.495 e. The van der Waals surface area contributed by atoms with Crippen LogP contribution >= 0.6 is 0 Å². The average molecular weight is 366 g/mol. The maximum atomic E-state index is 12.7. The summed E-state index contributed by atoms with van der Waals surface area (Å²) >= 11 is 0. The minimum atomic E-state index is -0.700. The second kappa shape index (κ2) is 7.69. The number of nitrogens with zero attached hydrogens (tertiary/aromatic N) is 2. The number of pyridine rings is 1. The molecule has 8 heteroatoms. The molecule has 0 atom stereocenters. The van der Waals surface area contributed by atoms with Gasteiger partial charge >= 0.3 is 5.69 Å². The molecule has 0 saturated heterocycles. The third-order valence-electron chi connectivity index (χ3n) is 3.95. The molecule has 0 aliphatic carbocycles. The third-order valence-corrected chi connectivity index (χ3v) is 3.95. The Morgan fingerprint density at radius 2 is 2.07 bits per heavy atom. The van der Waals surface area contributed by atoms with Gasteiger partial charge in [-0.15, -0.1) is 0 Å². The highest BCUT2D eigenvalue weighted by molar-refractivity contribution is 6.04. The smallest absolute Gasteiger partial charge is 0.328 e. The first kappa shape index (κ1) is 18.1. The van der Waals surface area contributed by atoms with Gasteiger partial charge in [0.25, 0.3) is 11.5 Å². The summed E-state index contributed by atoms with van der Waals surface area (Å²) in [4.78, 5) is 43.9. The fraction of sp³-hybridized carbons (Fsp3) is 0.158. The predicted molar refractivity (Wildman–Crippen MR) is 100 cm³/mol. The SMILES string of the molecule is COc1ccc(C)cc1NC(=O)c1c[nH]c(=O)n(Cc2ccccn2)c1=O. The van der Waals surface area contributed by atoms with Crippen molar-refractivity contribution in [1.82, 2.24) is 14.5 Å². The molecule has 0 spiro atoms. The number of nitrogens with one attached hydrogen (secondary N) is 2. The van der Waals surface area contributed by atoms with Crippen LogP contribution in [0.4, 0.5) is 5.69 Å². The van der Waals surface area contributed by atoms with Crippen LogP contribution in [0.5, 0.6) is 5.75 Å². The number of methoxy groups -OCH3 is 1. The molecule has 0 fully saturated rings. The van der Waals surface area contributed by atoms with Crippen molar-refractivity contribution in [3.05, 3.63) is 86.5 Å². The Labute approximate surface area is 154 Å². The highest BCUT2D eigenvalue weighted by Gasteiger charge is 2.17. The van der Waals surface area contributed by atoms with E-state index in [4.69, 9.17) is 4.74 Å². The lowest BCUT2D eigenvalue weighted by Gasteiger charge is -2.11. The topological polar surface area (TPSA) is 106 Å². The van der Waals surface area contributed by atoms with E-state index in [-0.39, 0.29) is 12.1 Å². The fourth-order valence-corrected chi connectivity index (χ4v) is 2.58. The molecule has 0 aliphatic heterocycles. The number of carbonyl (C=O) groups is 1. The lowest BCUT2D eigenvalue weighted by atomic mass is 10.2. The zero-order valence-corrected chi connectivity index (χ0v) is 14.9. The highest BCUT2D eigenvalue weighted by Crippen LogP contribution is 2.25. The number of carbonyl (C=O) groups excluding carboxylic acids is 1. The van der Waals surface area contributed by atoms with Gasteiger partial charge in [-0.2, -0.15) is 0 Å². The monoisotopic (exact) mass is 366 g/mol. The Hall–Kier alpha value is -3.68. The minimum absolute atomic E-state index is 0.0378. The van der Waals surface area contributed by atoms with E-state index in [1.807, 2.05) is 13.0 Å². The zero-order valence-electron chi connectivity index (χ0n) is 14.9. The zero-order chi connectivity index (χ0) is 19.4. The number of hydrogen-bond donors (Lipinski definition) is 2. The Kier molecular flexibility index (Phi) is 5.16. The number of hydrogen-bond acceptors (Lipinski definition) is 5. The average Bonchev–Trinajstić information content (AvgIpc) is 2.66.